The van der Waals surface area contributed by atoms with Gasteiger partial charge in [0.1, 0.15) is 5.69 Å². The Kier molecular flexibility index (Phi) is 4.32. The SMILES string of the molecule is Cc1cccc([N+](=O)[O-])c1Nc1nc2c(c(C(F)(F)F)n1)CCCC2. The Morgan fingerprint density at radius 3 is 2.60 bits per heavy atom. The van der Waals surface area contributed by atoms with Crippen molar-refractivity contribution in [3.63, 3.8) is 0 Å². The van der Waals surface area contributed by atoms with E-state index in [0.29, 0.717) is 24.1 Å². The number of rotatable bonds is 3. The van der Waals surface area contributed by atoms with Crippen LogP contribution >= 0.6 is 0 Å². The van der Waals surface area contributed by atoms with Crippen molar-refractivity contribution < 1.29 is 18.1 Å². The zero-order valence-corrected chi connectivity index (χ0v) is 13.4. The van der Waals surface area contributed by atoms with Crippen molar-refractivity contribution in [3.8, 4) is 0 Å². The molecule has 9 heteroatoms. The molecule has 0 bridgehead atoms. The Morgan fingerprint density at radius 1 is 1.20 bits per heavy atom. The molecule has 6 nitrogen and oxygen atoms in total. The van der Waals surface area contributed by atoms with E-state index in [9.17, 15) is 23.3 Å². The van der Waals surface area contributed by atoms with E-state index in [2.05, 4.69) is 15.3 Å². The number of aromatic nitrogens is 2. The molecule has 0 saturated carbocycles. The summed E-state index contributed by atoms with van der Waals surface area (Å²) in [6.07, 6.45) is -2.46. The average molecular weight is 352 g/mol. The normalized spacial score (nSPS) is 14.1. The third-order valence-electron chi connectivity index (χ3n) is 4.14. The standard InChI is InChI=1S/C16H15F3N4O2/c1-9-5-4-8-12(23(24)25)13(9)21-15-20-11-7-3-2-6-10(11)14(22-15)16(17,18)19/h4-5,8H,2-3,6-7H2,1H3,(H,20,21,22). The lowest BCUT2D eigenvalue weighted by atomic mass is 9.94. The highest BCUT2D eigenvalue weighted by molar-refractivity contribution is 5.70. The molecule has 132 valence electrons. The summed E-state index contributed by atoms with van der Waals surface area (Å²) in [5, 5.41) is 13.8. The van der Waals surface area contributed by atoms with Crippen LogP contribution in [-0.2, 0) is 19.0 Å². The van der Waals surface area contributed by atoms with E-state index < -0.39 is 16.8 Å². The largest absolute Gasteiger partial charge is 0.433 e. The van der Waals surface area contributed by atoms with Crippen LogP contribution < -0.4 is 5.32 Å². The van der Waals surface area contributed by atoms with Gasteiger partial charge in [-0.2, -0.15) is 13.2 Å². The highest BCUT2D eigenvalue weighted by Gasteiger charge is 2.38. The summed E-state index contributed by atoms with van der Waals surface area (Å²) in [5.74, 6) is -0.273. The zero-order chi connectivity index (χ0) is 18.2. The Hall–Kier alpha value is -2.71. The van der Waals surface area contributed by atoms with E-state index in [1.807, 2.05) is 0 Å². The van der Waals surface area contributed by atoms with Crippen LogP contribution in [0.4, 0.5) is 30.5 Å². The van der Waals surface area contributed by atoms with Gasteiger partial charge in [-0.25, -0.2) is 9.97 Å². The summed E-state index contributed by atoms with van der Waals surface area (Å²) in [6, 6.07) is 4.41. The number of halogens is 3. The lowest BCUT2D eigenvalue weighted by Gasteiger charge is -2.20. The molecule has 0 atom stereocenters. The molecule has 0 saturated heterocycles. The first-order chi connectivity index (χ1) is 11.8. The monoisotopic (exact) mass is 352 g/mol. The number of anilines is 2. The van der Waals surface area contributed by atoms with Gasteiger partial charge in [0.05, 0.1) is 4.92 Å². The van der Waals surface area contributed by atoms with E-state index in [-0.39, 0.29) is 29.3 Å². The van der Waals surface area contributed by atoms with E-state index in [1.165, 1.54) is 12.1 Å². The number of nitro benzene ring substituents is 1. The first-order valence-electron chi connectivity index (χ1n) is 7.75. The summed E-state index contributed by atoms with van der Waals surface area (Å²) in [7, 11) is 0. The molecule has 1 heterocycles. The minimum atomic E-state index is -4.60. The molecule has 1 aromatic carbocycles. The van der Waals surface area contributed by atoms with Gasteiger partial charge >= 0.3 is 6.18 Å². The Balaban J connectivity index is 2.09. The lowest BCUT2D eigenvalue weighted by molar-refractivity contribution is -0.384. The van der Waals surface area contributed by atoms with Crippen molar-refractivity contribution in [2.24, 2.45) is 0 Å². The van der Waals surface area contributed by atoms with Crippen LogP contribution in [0.2, 0.25) is 0 Å². The number of alkyl halides is 3. The summed E-state index contributed by atoms with van der Waals surface area (Å²) in [6.45, 7) is 1.62. The number of para-hydroxylation sites is 1. The number of hydrogen-bond donors (Lipinski definition) is 1. The minimum absolute atomic E-state index is 0.0939. The maximum Gasteiger partial charge on any atom is 0.433 e. The fraction of sp³-hybridized carbons (Fsp3) is 0.375. The Morgan fingerprint density at radius 2 is 1.92 bits per heavy atom. The van der Waals surface area contributed by atoms with Crippen LogP contribution in [0.3, 0.4) is 0 Å². The second kappa shape index (κ2) is 6.30. The third kappa shape index (κ3) is 3.40. The smallest absolute Gasteiger partial charge is 0.318 e. The number of nitro groups is 1. The van der Waals surface area contributed by atoms with E-state index in [1.54, 1.807) is 13.0 Å². The molecular formula is C16H15F3N4O2. The minimum Gasteiger partial charge on any atom is -0.318 e. The van der Waals surface area contributed by atoms with E-state index in [4.69, 9.17) is 0 Å². The number of benzene rings is 1. The number of aryl methyl sites for hydroxylation is 2. The molecule has 3 rings (SSSR count). The summed E-state index contributed by atoms with van der Waals surface area (Å²) in [4.78, 5) is 18.4. The van der Waals surface area contributed by atoms with Crippen LogP contribution in [0.15, 0.2) is 18.2 Å². The molecule has 0 unspecified atom stereocenters. The topological polar surface area (TPSA) is 81.0 Å². The van der Waals surface area contributed by atoms with Crippen molar-refractivity contribution in [1.82, 2.24) is 9.97 Å². The third-order valence-corrected chi connectivity index (χ3v) is 4.14. The molecule has 1 aliphatic carbocycles. The molecule has 2 aromatic rings. The van der Waals surface area contributed by atoms with Crippen LogP contribution in [-0.4, -0.2) is 14.9 Å². The second-order valence-electron chi connectivity index (χ2n) is 5.88. The first kappa shape index (κ1) is 17.1. The van der Waals surface area contributed by atoms with Gasteiger partial charge in [0.25, 0.3) is 5.69 Å². The first-order valence-corrected chi connectivity index (χ1v) is 7.75. The molecule has 25 heavy (non-hydrogen) atoms. The number of hydrogen-bond acceptors (Lipinski definition) is 5. The van der Waals surface area contributed by atoms with Crippen molar-refractivity contribution in [1.29, 1.82) is 0 Å². The van der Waals surface area contributed by atoms with Crippen molar-refractivity contribution in [2.75, 3.05) is 5.32 Å². The number of fused-ring (bicyclic) bond motifs is 1. The fourth-order valence-electron chi connectivity index (χ4n) is 2.96. The van der Waals surface area contributed by atoms with Gasteiger partial charge in [-0.3, -0.25) is 10.1 Å². The molecule has 0 aliphatic heterocycles. The van der Waals surface area contributed by atoms with E-state index in [0.717, 1.165) is 6.42 Å². The predicted molar refractivity (Wildman–Crippen MR) is 84.8 cm³/mol. The van der Waals surface area contributed by atoms with Gasteiger partial charge < -0.3 is 5.32 Å². The molecular weight excluding hydrogens is 337 g/mol. The maximum atomic E-state index is 13.4. The van der Waals surface area contributed by atoms with Gasteiger partial charge in [0.15, 0.2) is 5.69 Å². The molecule has 0 fully saturated rings. The van der Waals surface area contributed by atoms with Gasteiger partial charge in [-0.15, -0.1) is 0 Å². The second-order valence-corrected chi connectivity index (χ2v) is 5.88. The van der Waals surface area contributed by atoms with Gasteiger partial charge in [-0.05, 0) is 38.2 Å². The van der Waals surface area contributed by atoms with Crippen LogP contribution in [0.25, 0.3) is 0 Å². The molecule has 0 spiro atoms. The maximum absolute atomic E-state index is 13.4. The molecule has 1 aliphatic rings. The highest BCUT2D eigenvalue weighted by Crippen LogP contribution is 2.36. The Bertz CT molecular complexity index is 837. The molecule has 0 amide bonds. The molecule has 1 aromatic heterocycles. The molecule has 0 radical (unpaired) electrons. The van der Waals surface area contributed by atoms with Gasteiger partial charge in [0.2, 0.25) is 5.95 Å². The predicted octanol–water partition coefficient (Wildman–Crippen LogP) is 4.33. The quantitative estimate of drug-likeness (QED) is 0.657. The number of nitrogens with zero attached hydrogens (tertiary/aromatic N) is 3. The zero-order valence-electron chi connectivity index (χ0n) is 13.4. The fourth-order valence-corrected chi connectivity index (χ4v) is 2.96. The van der Waals surface area contributed by atoms with E-state index >= 15 is 0 Å². The van der Waals surface area contributed by atoms with Crippen LogP contribution in [0.1, 0.15) is 35.4 Å². The summed E-state index contributed by atoms with van der Waals surface area (Å²) < 4.78 is 40.1. The van der Waals surface area contributed by atoms with Crippen LogP contribution in [0.5, 0.6) is 0 Å². The van der Waals surface area contributed by atoms with Crippen molar-refractivity contribution >= 4 is 17.3 Å². The van der Waals surface area contributed by atoms with Crippen molar-refractivity contribution in [3.05, 3.63) is 50.8 Å². The summed E-state index contributed by atoms with van der Waals surface area (Å²) >= 11 is 0. The van der Waals surface area contributed by atoms with Gasteiger partial charge in [0, 0.05) is 17.3 Å². The molecule has 1 N–H and O–H groups in total. The van der Waals surface area contributed by atoms with Crippen molar-refractivity contribution in [2.45, 2.75) is 38.8 Å². The van der Waals surface area contributed by atoms with Gasteiger partial charge in [-0.1, -0.05) is 12.1 Å². The highest BCUT2D eigenvalue weighted by atomic mass is 19.4. The summed E-state index contributed by atoms with van der Waals surface area (Å²) in [5.41, 5.74) is -0.109. The lowest BCUT2D eigenvalue weighted by Crippen LogP contribution is -2.19. The average Bonchev–Trinajstić information content (AvgIpc) is 2.55. The number of nitrogens with one attached hydrogen (secondary N) is 1. The van der Waals surface area contributed by atoms with Crippen LogP contribution in [0, 0.1) is 17.0 Å². The Labute approximate surface area is 141 Å².